The fourth-order valence-electron chi connectivity index (χ4n) is 3.82. The number of hydrogen-bond donors (Lipinski definition) is 1. The minimum Gasteiger partial charge on any atom is -0.363 e. The second-order valence-corrected chi connectivity index (χ2v) is 6.14. The van der Waals surface area contributed by atoms with E-state index in [1.165, 1.54) is 0 Å². The molecule has 0 aromatic heterocycles. The molecule has 21 heavy (non-hydrogen) atoms. The first-order valence-corrected chi connectivity index (χ1v) is 7.76. The number of nitrogens with zero attached hydrogens (tertiary/aromatic N) is 1. The van der Waals surface area contributed by atoms with Crippen molar-refractivity contribution >= 4 is 5.69 Å². The second-order valence-electron chi connectivity index (χ2n) is 6.14. The highest BCUT2D eigenvalue weighted by Crippen LogP contribution is 2.40. The Kier molecular flexibility index (Phi) is 4.11. The largest absolute Gasteiger partial charge is 0.363 e. The average Bonchev–Trinajstić information content (AvgIpc) is 2.71. The van der Waals surface area contributed by atoms with Gasteiger partial charge in [-0.05, 0) is 38.6 Å². The first-order valence-electron chi connectivity index (χ1n) is 7.76. The minimum atomic E-state index is -1.10. The maximum Gasteiger partial charge on any atom is 0.182 e. The molecular weight excluding hydrogens is 277 g/mol. The van der Waals surface area contributed by atoms with Gasteiger partial charge in [-0.3, -0.25) is 0 Å². The van der Waals surface area contributed by atoms with E-state index in [0.29, 0.717) is 12.1 Å². The Bertz CT molecular complexity index is 506. The Morgan fingerprint density at radius 3 is 2.43 bits per heavy atom. The molecule has 5 heteroatoms. The van der Waals surface area contributed by atoms with Crippen molar-refractivity contribution in [2.75, 3.05) is 11.4 Å². The van der Waals surface area contributed by atoms with Crippen molar-refractivity contribution < 1.29 is 13.2 Å². The van der Waals surface area contributed by atoms with Crippen molar-refractivity contribution in [1.82, 2.24) is 5.32 Å². The van der Waals surface area contributed by atoms with Crippen molar-refractivity contribution in [3.63, 3.8) is 0 Å². The van der Waals surface area contributed by atoms with Gasteiger partial charge in [-0.25, -0.2) is 13.2 Å². The molecule has 2 aliphatic rings. The highest BCUT2D eigenvalue weighted by Gasteiger charge is 2.41. The van der Waals surface area contributed by atoms with E-state index in [9.17, 15) is 13.2 Å². The highest BCUT2D eigenvalue weighted by molar-refractivity contribution is 5.52. The van der Waals surface area contributed by atoms with E-state index >= 15 is 0 Å². The van der Waals surface area contributed by atoms with E-state index in [-0.39, 0.29) is 17.8 Å². The van der Waals surface area contributed by atoms with Crippen LogP contribution in [-0.4, -0.2) is 24.7 Å². The maximum absolute atomic E-state index is 14.0. The SMILES string of the molecule is CCCNC1CC2CCC(C1)N2c1cc(F)cc(F)c1F. The monoisotopic (exact) mass is 298 g/mol. The molecule has 2 saturated heterocycles. The van der Waals surface area contributed by atoms with Gasteiger partial charge in [0.2, 0.25) is 0 Å². The zero-order valence-corrected chi connectivity index (χ0v) is 12.2. The fourth-order valence-corrected chi connectivity index (χ4v) is 3.82. The van der Waals surface area contributed by atoms with E-state index in [0.717, 1.165) is 44.7 Å². The average molecular weight is 298 g/mol. The number of anilines is 1. The van der Waals surface area contributed by atoms with Gasteiger partial charge in [0.1, 0.15) is 5.82 Å². The number of nitrogens with one attached hydrogen (secondary N) is 1. The standard InChI is InChI=1S/C16H21F3N2/c1-2-5-20-11-8-12-3-4-13(9-11)21(12)15-7-10(17)6-14(18)16(15)19/h6-7,11-13,20H,2-5,8-9H2,1H3. The molecule has 1 N–H and O–H groups in total. The Hall–Kier alpha value is -1.23. The molecule has 0 saturated carbocycles. The molecule has 1 aromatic rings. The smallest absolute Gasteiger partial charge is 0.182 e. The van der Waals surface area contributed by atoms with Crippen LogP contribution in [0.25, 0.3) is 0 Å². The molecule has 116 valence electrons. The summed E-state index contributed by atoms with van der Waals surface area (Å²) in [6.45, 7) is 3.11. The van der Waals surface area contributed by atoms with Gasteiger partial charge in [0.25, 0.3) is 0 Å². The minimum absolute atomic E-state index is 0.0916. The van der Waals surface area contributed by atoms with Gasteiger partial charge in [-0.1, -0.05) is 6.92 Å². The molecule has 2 fully saturated rings. The number of benzene rings is 1. The fraction of sp³-hybridized carbons (Fsp3) is 0.625. The Morgan fingerprint density at radius 2 is 1.81 bits per heavy atom. The lowest BCUT2D eigenvalue weighted by Gasteiger charge is -2.41. The first kappa shape index (κ1) is 14.7. The Morgan fingerprint density at radius 1 is 1.14 bits per heavy atom. The van der Waals surface area contributed by atoms with Crippen LogP contribution in [0.5, 0.6) is 0 Å². The zero-order valence-electron chi connectivity index (χ0n) is 12.2. The van der Waals surface area contributed by atoms with Gasteiger partial charge in [-0.15, -0.1) is 0 Å². The Labute approximate surface area is 123 Å². The van der Waals surface area contributed by atoms with Crippen LogP contribution in [0, 0.1) is 17.5 Å². The van der Waals surface area contributed by atoms with Gasteiger partial charge in [0.05, 0.1) is 5.69 Å². The number of hydrogen-bond acceptors (Lipinski definition) is 2. The third-order valence-corrected chi connectivity index (χ3v) is 4.67. The topological polar surface area (TPSA) is 15.3 Å². The van der Waals surface area contributed by atoms with Crippen molar-refractivity contribution in [3.05, 3.63) is 29.6 Å². The quantitative estimate of drug-likeness (QED) is 0.854. The molecule has 2 bridgehead atoms. The summed E-state index contributed by atoms with van der Waals surface area (Å²) >= 11 is 0. The molecule has 1 aromatic carbocycles. The van der Waals surface area contributed by atoms with Crippen molar-refractivity contribution in [3.8, 4) is 0 Å². The Balaban J connectivity index is 1.82. The van der Waals surface area contributed by atoms with Crippen LogP contribution in [0.4, 0.5) is 18.9 Å². The lowest BCUT2D eigenvalue weighted by molar-refractivity contribution is 0.352. The number of halogens is 3. The molecule has 0 radical (unpaired) electrons. The van der Waals surface area contributed by atoms with Crippen LogP contribution < -0.4 is 10.2 Å². The summed E-state index contributed by atoms with van der Waals surface area (Å²) < 4.78 is 40.9. The van der Waals surface area contributed by atoms with Gasteiger partial charge in [-0.2, -0.15) is 0 Å². The second kappa shape index (κ2) is 5.87. The molecule has 2 heterocycles. The third-order valence-electron chi connectivity index (χ3n) is 4.67. The predicted molar refractivity (Wildman–Crippen MR) is 76.9 cm³/mol. The molecular formula is C16H21F3N2. The number of rotatable bonds is 4. The maximum atomic E-state index is 14.0. The lowest BCUT2D eigenvalue weighted by atomic mass is 9.96. The van der Waals surface area contributed by atoms with Crippen LogP contribution in [0.15, 0.2) is 12.1 Å². The number of piperidine rings is 1. The lowest BCUT2D eigenvalue weighted by Crippen LogP contribution is -2.49. The van der Waals surface area contributed by atoms with Crippen molar-refractivity contribution in [1.29, 1.82) is 0 Å². The molecule has 2 unspecified atom stereocenters. The zero-order chi connectivity index (χ0) is 15.0. The molecule has 3 rings (SSSR count). The van der Waals surface area contributed by atoms with Gasteiger partial charge >= 0.3 is 0 Å². The molecule has 2 atom stereocenters. The summed E-state index contributed by atoms with van der Waals surface area (Å²) in [6.07, 6.45) is 4.83. The predicted octanol–water partition coefficient (Wildman–Crippen LogP) is 3.60. The molecule has 0 aliphatic carbocycles. The van der Waals surface area contributed by atoms with Crippen molar-refractivity contribution in [2.24, 2.45) is 0 Å². The van der Waals surface area contributed by atoms with E-state index < -0.39 is 17.5 Å². The summed E-state index contributed by atoms with van der Waals surface area (Å²) in [4.78, 5) is 1.91. The van der Waals surface area contributed by atoms with E-state index in [1.807, 2.05) is 4.90 Å². The summed E-state index contributed by atoms with van der Waals surface area (Å²) in [5.41, 5.74) is 0.0916. The molecule has 0 spiro atoms. The molecule has 0 amide bonds. The van der Waals surface area contributed by atoms with Gasteiger partial charge in [0, 0.05) is 30.3 Å². The van der Waals surface area contributed by atoms with Crippen LogP contribution in [0.3, 0.4) is 0 Å². The van der Waals surface area contributed by atoms with E-state index in [1.54, 1.807) is 0 Å². The van der Waals surface area contributed by atoms with Crippen molar-refractivity contribution in [2.45, 2.75) is 57.2 Å². The normalized spacial score (nSPS) is 28.2. The van der Waals surface area contributed by atoms with E-state index in [4.69, 9.17) is 0 Å². The summed E-state index contributed by atoms with van der Waals surface area (Å²) in [5.74, 6) is -2.74. The van der Waals surface area contributed by atoms with Gasteiger partial charge in [0.15, 0.2) is 11.6 Å². The van der Waals surface area contributed by atoms with Crippen LogP contribution in [0.1, 0.15) is 39.0 Å². The van der Waals surface area contributed by atoms with E-state index in [2.05, 4.69) is 12.2 Å². The summed E-state index contributed by atoms with van der Waals surface area (Å²) in [6, 6.07) is 2.52. The third kappa shape index (κ3) is 2.76. The van der Waals surface area contributed by atoms with Crippen LogP contribution in [0.2, 0.25) is 0 Å². The molecule has 2 aliphatic heterocycles. The van der Waals surface area contributed by atoms with Crippen LogP contribution >= 0.6 is 0 Å². The van der Waals surface area contributed by atoms with Gasteiger partial charge < -0.3 is 10.2 Å². The van der Waals surface area contributed by atoms with Crippen LogP contribution in [-0.2, 0) is 0 Å². The number of fused-ring (bicyclic) bond motifs is 2. The highest BCUT2D eigenvalue weighted by atomic mass is 19.2. The molecule has 2 nitrogen and oxygen atoms in total. The first-order chi connectivity index (χ1) is 10.1. The summed E-state index contributed by atoms with van der Waals surface area (Å²) in [7, 11) is 0. The summed E-state index contributed by atoms with van der Waals surface area (Å²) in [5, 5.41) is 3.51.